The van der Waals surface area contributed by atoms with Crippen molar-refractivity contribution < 1.29 is 22.7 Å². The summed E-state index contributed by atoms with van der Waals surface area (Å²) in [7, 11) is -4.15. The van der Waals surface area contributed by atoms with Crippen molar-refractivity contribution in [1.82, 2.24) is 24.8 Å². The number of aryl methyl sites for hydroxylation is 2. The molecule has 1 unspecified atom stereocenters. The van der Waals surface area contributed by atoms with Gasteiger partial charge < -0.3 is 14.8 Å². The number of anilines is 2. The number of ketones is 1. The van der Waals surface area contributed by atoms with Crippen LogP contribution in [-0.4, -0.2) is 77.5 Å². The first kappa shape index (κ1) is 34.4. The number of carbonyl (C=O) groups excluding carboxylic acids is 1. The molecule has 1 fully saturated rings. The Bertz CT molecular complexity index is 1920. The van der Waals surface area contributed by atoms with Gasteiger partial charge in [0.2, 0.25) is 11.8 Å². The molecule has 0 spiro atoms. The number of hydrogen-bond acceptors (Lipinski definition) is 11. The van der Waals surface area contributed by atoms with Gasteiger partial charge in [0.05, 0.1) is 41.7 Å². The Labute approximate surface area is 287 Å². The van der Waals surface area contributed by atoms with Crippen LogP contribution >= 0.6 is 0 Å². The fraction of sp³-hybridized carbons (Fsp3) is 0.417. The molecule has 2 aliphatic heterocycles. The molecule has 2 aromatic carbocycles. The Hall–Kier alpha value is -4.46. The normalized spacial score (nSPS) is 19.8. The highest BCUT2D eigenvalue weighted by Gasteiger charge is 2.30. The van der Waals surface area contributed by atoms with E-state index in [2.05, 4.69) is 45.8 Å². The van der Waals surface area contributed by atoms with Crippen molar-refractivity contribution in [3.05, 3.63) is 83.3 Å². The lowest BCUT2D eigenvalue weighted by atomic mass is 9.87. The van der Waals surface area contributed by atoms with Gasteiger partial charge in [0, 0.05) is 42.6 Å². The van der Waals surface area contributed by atoms with Crippen LogP contribution in [0.15, 0.2) is 65.8 Å². The minimum atomic E-state index is -4.15. The minimum Gasteiger partial charge on any atom is -0.476 e. The standard InChI is InChI=1S/C36H43N7O5S/c1-23-8-6-9-24(2)34(23)30-15-33-41-35(40-30)42-49(45,46)29-11-7-10-25(14-29)31(44)20-43(28(22-48-33)16-36(3,4)5)19-27-17-37-18-32(39-27)38-26-12-13-47-21-26/h6-11,14-15,17-18,26,28H,12-13,16,19-22H2,1-5H3,(H,38,39)(H,40,41,42)/t26?,28-/m1/s1. The molecule has 4 heterocycles. The van der Waals surface area contributed by atoms with Crippen molar-refractivity contribution >= 4 is 27.6 Å². The van der Waals surface area contributed by atoms with Crippen molar-refractivity contribution in [3.63, 3.8) is 0 Å². The van der Waals surface area contributed by atoms with Crippen LogP contribution in [0.1, 0.15) is 60.8 Å². The van der Waals surface area contributed by atoms with Crippen LogP contribution in [0.3, 0.4) is 0 Å². The Kier molecular flexibility index (Phi) is 9.96. The Balaban J connectivity index is 1.43. The van der Waals surface area contributed by atoms with E-state index in [0.717, 1.165) is 23.1 Å². The van der Waals surface area contributed by atoms with Gasteiger partial charge in [-0.2, -0.15) is 4.98 Å². The zero-order valence-corrected chi connectivity index (χ0v) is 29.4. The lowest BCUT2D eigenvalue weighted by Gasteiger charge is -2.35. The van der Waals surface area contributed by atoms with Crippen molar-refractivity contribution in [2.45, 2.75) is 71.0 Å². The van der Waals surface area contributed by atoms with Gasteiger partial charge in [0.1, 0.15) is 12.4 Å². The largest absolute Gasteiger partial charge is 0.476 e. The third kappa shape index (κ3) is 8.59. The lowest BCUT2D eigenvalue weighted by Crippen LogP contribution is -2.44. The van der Waals surface area contributed by atoms with Crippen LogP contribution in [-0.2, 0) is 21.3 Å². The second-order valence-corrected chi connectivity index (χ2v) is 15.7. The first-order valence-electron chi connectivity index (χ1n) is 16.5. The van der Waals surface area contributed by atoms with E-state index in [0.29, 0.717) is 43.4 Å². The molecule has 4 aromatic rings. The summed E-state index contributed by atoms with van der Waals surface area (Å²) in [5, 5.41) is 3.40. The molecule has 13 heteroatoms. The fourth-order valence-electron chi connectivity index (χ4n) is 6.30. The number of nitrogens with zero attached hydrogens (tertiary/aromatic N) is 5. The maximum atomic E-state index is 13.9. The number of sulfonamides is 1. The van der Waals surface area contributed by atoms with Crippen LogP contribution < -0.4 is 14.8 Å². The summed E-state index contributed by atoms with van der Waals surface area (Å²) in [6, 6.07) is 13.6. The average molecular weight is 686 g/mol. The monoisotopic (exact) mass is 685 g/mol. The van der Waals surface area contributed by atoms with Crippen molar-refractivity contribution in [1.29, 1.82) is 0 Å². The molecule has 2 N–H and O–H groups in total. The molecule has 12 nitrogen and oxygen atoms in total. The summed E-state index contributed by atoms with van der Waals surface area (Å²) in [5.41, 5.74) is 4.18. The Morgan fingerprint density at radius 3 is 2.51 bits per heavy atom. The SMILES string of the molecule is Cc1cccc(C)c1-c1cc2nc(n1)NS(=O)(=O)c1cccc(c1)C(=O)CN(Cc1cncc(NC3CCOC3)n1)[C@H](CC(C)(C)C)CO2. The lowest BCUT2D eigenvalue weighted by molar-refractivity contribution is 0.0714. The molecular formula is C36H43N7O5S. The van der Waals surface area contributed by atoms with E-state index in [1.165, 1.54) is 12.1 Å². The predicted octanol–water partition coefficient (Wildman–Crippen LogP) is 5.43. The molecule has 0 aliphatic carbocycles. The molecule has 2 aliphatic rings. The summed E-state index contributed by atoms with van der Waals surface area (Å²) < 4.78 is 41.7. The van der Waals surface area contributed by atoms with E-state index in [1.807, 2.05) is 36.9 Å². The number of hydrogen-bond donors (Lipinski definition) is 2. The quantitative estimate of drug-likeness (QED) is 0.268. The molecular weight excluding hydrogens is 643 g/mol. The minimum absolute atomic E-state index is 0.000480. The summed E-state index contributed by atoms with van der Waals surface area (Å²) in [6.07, 6.45) is 4.95. The maximum absolute atomic E-state index is 13.9. The number of ether oxygens (including phenoxy) is 2. The van der Waals surface area contributed by atoms with Crippen molar-refractivity contribution in [2.24, 2.45) is 5.41 Å². The van der Waals surface area contributed by atoms with Gasteiger partial charge in [0.25, 0.3) is 10.0 Å². The van der Waals surface area contributed by atoms with E-state index in [1.54, 1.807) is 30.6 Å². The first-order chi connectivity index (χ1) is 23.3. The van der Waals surface area contributed by atoms with Gasteiger partial charge >= 0.3 is 0 Å². The highest BCUT2D eigenvalue weighted by molar-refractivity contribution is 7.92. The van der Waals surface area contributed by atoms with Gasteiger partial charge in [-0.05, 0) is 55.4 Å². The van der Waals surface area contributed by atoms with Crippen molar-refractivity contribution in [3.8, 4) is 17.1 Å². The first-order valence-corrected chi connectivity index (χ1v) is 18.0. The highest BCUT2D eigenvalue weighted by atomic mass is 32.2. The summed E-state index contributed by atoms with van der Waals surface area (Å²) >= 11 is 0. The average Bonchev–Trinajstić information content (AvgIpc) is 3.55. The van der Waals surface area contributed by atoms with Crippen LogP contribution in [0, 0.1) is 19.3 Å². The van der Waals surface area contributed by atoms with Crippen LogP contribution in [0.4, 0.5) is 11.8 Å². The molecule has 2 atom stereocenters. The maximum Gasteiger partial charge on any atom is 0.264 e. The van der Waals surface area contributed by atoms with Gasteiger partial charge in [-0.1, -0.05) is 51.1 Å². The molecule has 6 rings (SSSR count). The third-order valence-electron chi connectivity index (χ3n) is 8.60. The number of aromatic nitrogens is 4. The van der Waals surface area contributed by atoms with Gasteiger partial charge in [0.15, 0.2) is 5.78 Å². The van der Waals surface area contributed by atoms with E-state index in [4.69, 9.17) is 14.5 Å². The molecule has 1 saturated heterocycles. The zero-order valence-electron chi connectivity index (χ0n) is 28.6. The molecule has 4 bridgehead atoms. The highest BCUT2D eigenvalue weighted by Crippen LogP contribution is 2.31. The van der Waals surface area contributed by atoms with Gasteiger partial charge in [-0.3, -0.25) is 14.7 Å². The molecule has 258 valence electrons. The van der Waals surface area contributed by atoms with E-state index < -0.39 is 10.0 Å². The van der Waals surface area contributed by atoms with E-state index >= 15 is 0 Å². The number of carbonyl (C=O) groups is 1. The van der Waals surface area contributed by atoms with Gasteiger partial charge in [-0.25, -0.2) is 23.1 Å². The smallest absolute Gasteiger partial charge is 0.264 e. The second-order valence-electron chi connectivity index (χ2n) is 14.0. The number of Topliss-reactive ketones (excluding diaryl/α,β-unsaturated/α-hetero) is 1. The molecule has 0 radical (unpaired) electrons. The number of nitrogens with one attached hydrogen (secondary N) is 2. The zero-order chi connectivity index (χ0) is 34.8. The third-order valence-corrected chi connectivity index (χ3v) is 9.92. The predicted molar refractivity (Wildman–Crippen MR) is 187 cm³/mol. The number of fused-ring (bicyclic) bond motifs is 4. The van der Waals surface area contributed by atoms with Crippen molar-refractivity contribution in [2.75, 3.05) is 36.4 Å². The Morgan fingerprint density at radius 2 is 1.78 bits per heavy atom. The fourth-order valence-corrected chi connectivity index (χ4v) is 7.29. The summed E-state index contributed by atoms with van der Waals surface area (Å²) in [4.78, 5) is 34.3. The topological polar surface area (TPSA) is 149 Å². The van der Waals surface area contributed by atoms with Crippen LogP contribution in [0.25, 0.3) is 11.3 Å². The molecule has 49 heavy (non-hydrogen) atoms. The van der Waals surface area contributed by atoms with Crippen LogP contribution in [0.2, 0.25) is 0 Å². The number of benzene rings is 2. The Morgan fingerprint density at radius 1 is 1.00 bits per heavy atom. The molecule has 0 saturated carbocycles. The van der Waals surface area contributed by atoms with E-state index in [-0.39, 0.29) is 58.7 Å². The molecule has 0 amide bonds. The number of rotatable bonds is 6. The molecule has 2 aromatic heterocycles. The van der Waals surface area contributed by atoms with E-state index in [9.17, 15) is 13.2 Å². The van der Waals surface area contributed by atoms with Gasteiger partial charge in [-0.15, -0.1) is 0 Å². The summed E-state index contributed by atoms with van der Waals surface area (Å²) in [6.45, 7) is 12.2. The second kappa shape index (κ2) is 14.2. The summed E-state index contributed by atoms with van der Waals surface area (Å²) in [5.74, 6) is 0.500. The van der Waals surface area contributed by atoms with Crippen LogP contribution in [0.5, 0.6) is 5.88 Å².